The molecular formula is C13H21FN2O2S. The van der Waals surface area contributed by atoms with Gasteiger partial charge in [0.1, 0.15) is 10.7 Å². The smallest absolute Gasteiger partial charge is 0.242 e. The van der Waals surface area contributed by atoms with Crippen molar-refractivity contribution in [1.82, 2.24) is 4.72 Å². The topological polar surface area (TPSA) is 72.2 Å². The largest absolute Gasteiger partial charge is 0.395 e. The summed E-state index contributed by atoms with van der Waals surface area (Å²) in [6.45, 7) is 5.83. The van der Waals surface area contributed by atoms with Crippen molar-refractivity contribution in [1.29, 1.82) is 0 Å². The van der Waals surface area contributed by atoms with E-state index in [2.05, 4.69) is 4.72 Å². The molecular weight excluding hydrogens is 267 g/mol. The van der Waals surface area contributed by atoms with Gasteiger partial charge in [-0.15, -0.1) is 0 Å². The normalized spacial score (nSPS) is 13.7. The number of nitrogens with two attached hydrogens (primary N) is 1. The Labute approximate surface area is 114 Å². The molecule has 0 aromatic heterocycles. The third-order valence-corrected chi connectivity index (χ3v) is 5.02. The van der Waals surface area contributed by atoms with Crippen LogP contribution in [-0.2, 0) is 10.0 Å². The van der Waals surface area contributed by atoms with Gasteiger partial charge in [-0.2, -0.15) is 0 Å². The van der Waals surface area contributed by atoms with E-state index >= 15 is 0 Å². The third kappa shape index (κ3) is 3.67. The molecule has 0 aliphatic heterocycles. The lowest BCUT2D eigenvalue weighted by atomic mass is 9.96. The standard InChI is InChI=1S/C13H21FN2O2S/c1-4-10(5-2)9(3)16-19(17,18)12-8-6-7-11(14)13(12)15/h6-10,16H,4-5,15H2,1-3H3. The lowest BCUT2D eigenvalue weighted by molar-refractivity contribution is 0.390. The molecule has 0 spiro atoms. The highest BCUT2D eigenvalue weighted by atomic mass is 32.2. The second-order valence-electron chi connectivity index (χ2n) is 4.64. The lowest BCUT2D eigenvalue weighted by Crippen LogP contribution is -2.38. The molecule has 6 heteroatoms. The Kier molecular flexibility index (Phi) is 5.31. The van der Waals surface area contributed by atoms with Crippen LogP contribution in [0.5, 0.6) is 0 Å². The molecule has 0 heterocycles. The van der Waals surface area contributed by atoms with Crippen LogP contribution < -0.4 is 10.5 Å². The Morgan fingerprint density at radius 2 is 1.89 bits per heavy atom. The summed E-state index contributed by atoms with van der Waals surface area (Å²) in [6.07, 6.45) is 1.75. The van der Waals surface area contributed by atoms with Gasteiger partial charge in [-0.3, -0.25) is 0 Å². The number of para-hydroxylation sites is 1. The molecule has 0 aliphatic carbocycles. The maximum absolute atomic E-state index is 13.3. The van der Waals surface area contributed by atoms with E-state index in [4.69, 9.17) is 5.73 Å². The first-order valence-electron chi connectivity index (χ1n) is 6.39. The highest BCUT2D eigenvalue weighted by molar-refractivity contribution is 7.89. The van der Waals surface area contributed by atoms with Crippen molar-refractivity contribution in [3.05, 3.63) is 24.0 Å². The van der Waals surface area contributed by atoms with Crippen molar-refractivity contribution in [2.24, 2.45) is 5.92 Å². The summed E-state index contributed by atoms with van der Waals surface area (Å²) in [6, 6.07) is 3.56. The van der Waals surface area contributed by atoms with E-state index in [0.29, 0.717) is 0 Å². The first kappa shape index (κ1) is 15.9. The molecule has 0 aliphatic rings. The maximum Gasteiger partial charge on any atom is 0.242 e. The van der Waals surface area contributed by atoms with Gasteiger partial charge < -0.3 is 5.73 Å². The average molecular weight is 288 g/mol. The fourth-order valence-corrected chi connectivity index (χ4v) is 3.61. The summed E-state index contributed by atoms with van der Waals surface area (Å²) in [5, 5.41) is 0. The fourth-order valence-electron chi connectivity index (χ4n) is 2.15. The molecule has 0 radical (unpaired) electrons. The van der Waals surface area contributed by atoms with Crippen LogP contribution in [0.25, 0.3) is 0 Å². The van der Waals surface area contributed by atoms with Crippen molar-refractivity contribution >= 4 is 15.7 Å². The molecule has 3 N–H and O–H groups in total. The molecule has 1 aromatic rings. The maximum atomic E-state index is 13.3. The Morgan fingerprint density at radius 1 is 1.32 bits per heavy atom. The predicted molar refractivity (Wildman–Crippen MR) is 74.7 cm³/mol. The van der Waals surface area contributed by atoms with Crippen molar-refractivity contribution in [2.75, 3.05) is 5.73 Å². The van der Waals surface area contributed by atoms with E-state index in [0.717, 1.165) is 18.9 Å². The zero-order valence-electron chi connectivity index (χ0n) is 11.5. The minimum atomic E-state index is -3.79. The van der Waals surface area contributed by atoms with E-state index in [1.165, 1.54) is 12.1 Å². The van der Waals surface area contributed by atoms with Crippen LogP contribution in [0.2, 0.25) is 0 Å². The van der Waals surface area contributed by atoms with Gasteiger partial charge in [0.2, 0.25) is 10.0 Å². The van der Waals surface area contributed by atoms with Crippen LogP contribution in [0.1, 0.15) is 33.6 Å². The molecule has 0 amide bonds. The number of nitrogens with one attached hydrogen (secondary N) is 1. The number of nitrogen functional groups attached to an aromatic ring is 1. The molecule has 0 bridgehead atoms. The summed E-state index contributed by atoms with van der Waals surface area (Å²) in [5.74, 6) is -0.484. The van der Waals surface area contributed by atoms with Crippen molar-refractivity contribution < 1.29 is 12.8 Å². The zero-order chi connectivity index (χ0) is 14.6. The number of rotatable bonds is 6. The number of anilines is 1. The fraction of sp³-hybridized carbons (Fsp3) is 0.538. The summed E-state index contributed by atoms with van der Waals surface area (Å²) < 4.78 is 40.3. The molecule has 1 rings (SSSR count). The van der Waals surface area contributed by atoms with E-state index < -0.39 is 15.8 Å². The monoisotopic (exact) mass is 288 g/mol. The molecule has 1 atom stereocenters. The molecule has 108 valence electrons. The van der Waals surface area contributed by atoms with E-state index in [1.54, 1.807) is 0 Å². The molecule has 0 fully saturated rings. The van der Waals surface area contributed by atoms with Crippen LogP contribution in [0.15, 0.2) is 23.1 Å². The summed E-state index contributed by atoms with van der Waals surface area (Å²) >= 11 is 0. The Bertz CT molecular complexity index is 527. The predicted octanol–water partition coefficient (Wildman–Crippen LogP) is 2.51. The first-order chi connectivity index (χ1) is 8.83. The van der Waals surface area contributed by atoms with Gasteiger partial charge >= 0.3 is 0 Å². The molecule has 0 saturated heterocycles. The highest BCUT2D eigenvalue weighted by Crippen LogP contribution is 2.22. The van der Waals surface area contributed by atoms with Gasteiger partial charge in [0.15, 0.2) is 0 Å². The number of sulfonamides is 1. The SMILES string of the molecule is CCC(CC)C(C)NS(=O)(=O)c1cccc(F)c1N. The summed E-state index contributed by atoms with van der Waals surface area (Å²) in [7, 11) is -3.79. The minimum absolute atomic E-state index is 0.203. The first-order valence-corrected chi connectivity index (χ1v) is 7.88. The van der Waals surface area contributed by atoms with E-state index in [-0.39, 0.29) is 22.5 Å². The molecule has 19 heavy (non-hydrogen) atoms. The minimum Gasteiger partial charge on any atom is -0.395 e. The van der Waals surface area contributed by atoms with Gasteiger partial charge in [0.05, 0.1) is 5.69 Å². The number of hydrogen-bond acceptors (Lipinski definition) is 3. The van der Waals surface area contributed by atoms with Crippen LogP contribution in [-0.4, -0.2) is 14.5 Å². The van der Waals surface area contributed by atoms with Crippen LogP contribution in [0, 0.1) is 11.7 Å². The van der Waals surface area contributed by atoms with Gasteiger partial charge in [-0.05, 0) is 25.0 Å². The van der Waals surface area contributed by atoms with Crippen molar-refractivity contribution in [3.8, 4) is 0 Å². The van der Waals surface area contributed by atoms with Gasteiger partial charge in [-0.25, -0.2) is 17.5 Å². The summed E-state index contributed by atoms with van der Waals surface area (Å²) in [5.41, 5.74) is 5.15. The van der Waals surface area contributed by atoms with E-state index in [1.807, 2.05) is 20.8 Å². The Balaban J connectivity index is 3.02. The van der Waals surface area contributed by atoms with Gasteiger partial charge in [0, 0.05) is 6.04 Å². The zero-order valence-corrected chi connectivity index (χ0v) is 12.3. The Hall–Kier alpha value is -1.14. The molecule has 4 nitrogen and oxygen atoms in total. The quantitative estimate of drug-likeness (QED) is 0.790. The number of hydrogen-bond donors (Lipinski definition) is 2. The number of halogens is 1. The second kappa shape index (κ2) is 6.34. The van der Waals surface area contributed by atoms with Crippen LogP contribution in [0.4, 0.5) is 10.1 Å². The number of benzene rings is 1. The summed E-state index contributed by atoms with van der Waals surface area (Å²) in [4.78, 5) is -0.203. The second-order valence-corrected chi connectivity index (χ2v) is 6.32. The third-order valence-electron chi connectivity index (χ3n) is 3.40. The van der Waals surface area contributed by atoms with Crippen molar-refractivity contribution in [2.45, 2.75) is 44.6 Å². The highest BCUT2D eigenvalue weighted by Gasteiger charge is 2.24. The van der Waals surface area contributed by atoms with E-state index in [9.17, 15) is 12.8 Å². The van der Waals surface area contributed by atoms with Crippen LogP contribution >= 0.6 is 0 Å². The van der Waals surface area contributed by atoms with Crippen LogP contribution in [0.3, 0.4) is 0 Å². The average Bonchev–Trinajstić information content (AvgIpc) is 2.33. The van der Waals surface area contributed by atoms with Gasteiger partial charge in [-0.1, -0.05) is 32.8 Å². The Morgan fingerprint density at radius 3 is 2.42 bits per heavy atom. The lowest BCUT2D eigenvalue weighted by Gasteiger charge is -2.22. The van der Waals surface area contributed by atoms with Crippen molar-refractivity contribution in [3.63, 3.8) is 0 Å². The molecule has 1 aromatic carbocycles. The molecule has 0 saturated carbocycles. The van der Waals surface area contributed by atoms with Gasteiger partial charge in [0.25, 0.3) is 0 Å². The molecule has 1 unspecified atom stereocenters.